The number of para-hydroxylation sites is 1. The van der Waals surface area contributed by atoms with Crippen molar-refractivity contribution in [1.29, 1.82) is 0 Å². The molecule has 0 atom stereocenters. The molecule has 2 N–H and O–H groups in total. The molecular weight excluding hydrogens is 299 g/mol. The Hall–Kier alpha value is -2.51. The van der Waals surface area contributed by atoms with E-state index in [1.165, 1.54) is 18.2 Å². The van der Waals surface area contributed by atoms with Crippen molar-refractivity contribution in [3.63, 3.8) is 0 Å². The zero-order valence-electron chi connectivity index (χ0n) is 11.7. The summed E-state index contributed by atoms with van der Waals surface area (Å²) in [5, 5.41) is 8.35. The highest BCUT2D eigenvalue weighted by Crippen LogP contribution is 2.34. The van der Waals surface area contributed by atoms with Crippen LogP contribution in [0.25, 0.3) is 0 Å². The fourth-order valence-electron chi connectivity index (χ4n) is 1.84. The SMILES string of the molecule is Cc1cc(CCNC(=O)Nc2ccccc2C(F)(F)F)on1. The van der Waals surface area contributed by atoms with Gasteiger partial charge in [0.05, 0.1) is 16.9 Å². The molecule has 8 heteroatoms. The zero-order valence-corrected chi connectivity index (χ0v) is 11.7. The first kappa shape index (κ1) is 15.9. The van der Waals surface area contributed by atoms with Crippen LogP contribution in [0.4, 0.5) is 23.7 Å². The smallest absolute Gasteiger partial charge is 0.361 e. The fourth-order valence-corrected chi connectivity index (χ4v) is 1.84. The number of aromatic nitrogens is 1. The second-order valence-corrected chi connectivity index (χ2v) is 4.61. The molecule has 0 spiro atoms. The van der Waals surface area contributed by atoms with Crippen molar-refractivity contribution in [2.75, 3.05) is 11.9 Å². The molecule has 0 bridgehead atoms. The zero-order chi connectivity index (χ0) is 16.2. The number of hydrogen-bond donors (Lipinski definition) is 2. The highest BCUT2D eigenvalue weighted by Gasteiger charge is 2.33. The van der Waals surface area contributed by atoms with Crippen molar-refractivity contribution >= 4 is 11.7 Å². The molecule has 1 heterocycles. The van der Waals surface area contributed by atoms with Crippen LogP contribution < -0.4 is 10.6 Å². The molecule has 0 aliphatic carbocycles. The number of nitrogens with one attached hydrogen (secondary N) is 2. The van der Waals surface area contributed by atoms with Crippen LogP contribution in [0.15, 0.2) is 34.9 Å². The molecule has 0 fully saturated rings. The van der Waals surface area contributed by atoms with Crippen LogP contribution in [-0.4, -0.2) is 17.7 Å². The van der Waals surface area contributed by atoms with Gasteiger partial charge in [-0.2, -0.15) is 13.2 Å². The van der Waals surface area contributed by atoms with E-state index in [0.29, 0.717) is 12.2 Å². The van der Waals surface area contributed by atoms with Gasteiger partial charge >= 0.3 is 12.2 Å². The summed E-state index contributed by atoms with van der Waals surface area (Å²) in [7, 11) is 0. The molecule has 1 aromatic heterocycles. The summed E-state index contributed by atoms with van der Waals surface area (Å²) >= 11 is 0. The number of benzene rings is 1. The number of alkyl halides is 3. The highest BCUT2D eigenvalue weighted by molar-refractivity contribution is 5.90. The predicted molar refractivity (Wildman–Crippen MR) is 73.4 cm³/mol. The molecule has 0 unspecified atom stereocenters. The van der Waals surface area contributed by atoms with E-state index in [0.717, 1.165) is 11.8 Å². The lowest BCUT2D eigenvalue weighted by atomic mass is 10.1. The van der Waals surface area contributed by atoms with Gasteiger partial charge in [0.15, 0.2) is 0 Å². The number of anilines is 1. The Morgan fingerprint density at radius 2 is 2.05 bits per heavy atom. The first-order valence-electron chi connectivity index (χ1n) is 6.49. The molecule has 2 aromatic rings. The summed E-state index contributed by atoms with van der Waals surface area (Å²) in [6.45, 7) is 1.98. The Balaban J connectivity index is 1.90. The molecular formula is C14H14F3N3O2. The number of carbonyl (C=O) groups excluding carboxylic acids is 1. The number of rotatable bonds is 4. The molecule has 0 aliphatic heterocycles. The van der Waals surface area contributed by atoms with Crippen LogP contribution in [0, 0.1) is 6.92 Å². The Morgan fingerprint density at radius 1 is 1.32 bits per heavy atom. The highest BCUT2D eigenvalue weighted by atomic mass is 19.4. The second-order valence-electron chi connectivity index (χ2n) is 4.61. The molecule has 1 aromatic carbocycles. The van der Waals surface area contributed by atoms with Gasteiger partial charge in [0, 0.05) is 19.0 Å². The van der Waals surface area contributed by atoms with Crippen LogP contribution in [0.2, 0.25) is 0 Å². The number of urea groups is 1. The Bertz CT molecular complexity index is 653. The fraction of sp³-hybridized carbons (Fsp3) is 0.286. The molecule has 5 nitrogen and oxygen atoms in total. The number of halogens is 3. The van der Waals surface area contributed by atoms with Gasteiger partial charge in [-0.05, 0) is 19.1 Å². The molecule has 118 valence electrons. The van der Waals surface area contributed by atoms with Crippen molar-refractivity contribution in [3.05, 3.63) is 47.3 Å². The molecule has 22 heavy (non-hydrogen) atoms. The maximum atomic E-state index is 12.8. The van der Waals surface area contributed by atoms with Crippen LogP contribution in [0.1, 0.15) is 17.0 Å². The number of carbonyl (C=O) groups is 1. The van der Waals surface area contributed by atoms with Crippen LogP contribution >= 0.6 is 0 Å². The van der Waals surface area contributed by atoms with Crippen LogP contribution in [0.5, 0.6) is 0 Å². The first-order chi connectivity index (χ1) is 10.4. The molecule has 0 saturated carbocycles. The third-order valence-corrected chi connectivity index (χ3v) is 2.81. The Kier molecular flexibility index (Phi) is 4.69. The van der Waals surface area contributed by atoms with Crippen molar-refractivity contribution < 1.29 is 22.5 Å². The van der Waals surface area contributed by atoms with Crippen molar-refractivity contribution in [2.45, 2.75) is 19.5 Å². The summed E-state index contributed by atoms with van der Waals surface area (Å²) in [5.74, 6) is 0.591. The van der Waals surface area contributed by atoms with E-state index in [9.17, 15) is 18.0 Å². The third-order valence-electron chi connectivity index (χ3n) is 2.81. The van der Waals surface area contributed by atoms with Gasteiger partial charge in [0.25, 0.3) is 0 Å². The van der Waals surface area contributed by atoms with E-state index in [4.69, 9.17) is 4.52 Å². The summed E-state index contributed by atoms with van der Waals surface area (Å²) < 4.78 is 43.3. The standard InChI is InChI=1S/C14H14F3N3O2/c1-9-8-10(22-20-9)6-7-18-13(21)19-12-5-3-2-4-11(12)14(15,16)17/h2-5,8H,6-7H2,1H3,(H2,18,19,21). The van der Waals surface area contributed by atoms with E-state index >= 15 is 0 Å². The van der Waals surface area contributed by atoms with Gasteiger partial charge in [-0.25, -0.2) is 4.79 Å². The largest absolute Gasteiger partial charge is 0.418 e. The molecule has 0 saturated heterocycles. The number of aryl methyl sites for hydroxylation is 1. The third kappa shape index (κ3) is 4.24. The van der Waals surface area contributed by atoms with E-state index in [1.54, 1.807) is 13.0 Å². The molecule has 0 aliphatic rings. The Labute approximate surface area is 124 Å². The molecule has 2 rings (SSSR count). The topological polar surface area (TPSA) is 67.2 Å². The monoisotopic (exact) mass is 313 g/mol. The van der Waals surface area contributed by atoms with Gasteiger partial charge in [-0.15, -0.1) is 0 Å². The lowest BCUT2D eigenvalue weighted by Gasteiger charge is -2.13. The van der Waals surface area contributed by atoms with Gasteiger partial charge in [-0.3, -0.25) is 0 Å². The van der Waals surface area contributed by atoms with Crippen LogP contribution in [-0.2, 0) is 12.6 Å². The van der Waals surface area contributed by atoms with Gasteiger partial charge < -0.3 is 15.2 Å². The van der Waals surface area contributed by atoms with Gasteiger partial charge in [0.1, 0.15) is 5.76 Å². The summed E-state index contributed by atoms with van der Waals surface area (Å²) in [6.07, 6.45) is -4.13. The normalized spacial score (nSPS) is 11.3. The van der Waals surface area contributed by atoms with E-state index in [-0.39, 0.29) is 12.2 Å². The van der Waals surface area contributed by atoms with Gasteiger partial charge in [-0.1, -0.05) is 17.3 Å². The lowest BCUT2D eigenvalue weighted by Crippen LogP contribution is -2.31. The minimum atomic E-state index is -4.53. The maximum Gasteiger partial charge on any atom is 0.418 e. The summed E-state index contributed by atoms with van der Waals surface area (Å²) in [5.41, 5.74) is -0.461. The predicted octanol–water partition coefficient (Wildman–Crippen LogP) is 3.37. The quantitative estimate of drug-likeness (QED) is 0.909. The van der Waals surface area contributed by atoms with Crippen LogP contribution in [0.3, 0.4) is 0 Å². The average molecular weight is 313 g/mol. The first-order valence-corrected chi connectivity index (χ1v) is 6.49. The van der Waals surface area contributed by atoms with Crippen molar-refractivity contribution in [3.8, 4) is 0 Å². The number of amides is 2. The van der Waals surface area contributed by atoms with E-state index in [2.05, 4.69) is 15.8 Å². The average Bonchev–Trinajstić information content (AvgIpc) is 2.84. The molecule has 2 amide bonds. The Morgan fingerprint density at radius 3 is 2.68 bits per heavy atom. The van der Waals surface area contributed by atoms with Crippen molar-refractivity contribution in [2.24, 2.45) is 0 Å². The maximum absolute atomic E-state index is 12.8. The summed E-state index contributed by atoms with van der Waals surface area (Å²) in [4.78, 5) is 11.7. The van der Waals surface area contributed by atoms with E-state index in [1.807, 2.05) is 0 Å². The minimum Gasteiger partial charge on any atom is -0.361 e. The summed E-state index contributed by atoms with van der Waals surface area (Å²) in [6, 6.07) is 5.79. The molecule has 0 radical (unpaired) electrons. The lowest BCUT2D eigenvalue weighted by molar-refractivity contribution is -0.136. The van der Waals surface area contributed by atoms with Crippen molar-refractivity contribution in [1.82, 2.24) is 10.5 Å². The van der Waals surface area contributed by atoms with E-state index < -0.39 is 17.8 Å². The number of hydrogen-bond acceptors (Lipinski definition) is 3. The second kappa shape index (κ2) is 6.50. The number of nitrogens with zero attached hydrogens (tertiary/aromatic N) is 1. The van der Waals surface area contributed by atoms with Gasteiger partial charge in [0.2, 0.25) is 0 Å². The minimum absolute atomic E-state index is 0.217.